The number of hydrogen-bond donors (Lipinski definition) is 0. The molecule has 0 fully saturated rings. The Labute approximate surface area is 117 Å². The van der Waals surface area contributed by atoms with Crippen LogP contribution in [0.3, 0.4) is 0 Å². The van der Waals surface area contributed by atoms with E-state index in [1.807, 2.05) is 32.9 Å². The van der Waals surface area contributed by atoms with Crippen molar-refractivity contribution in [3.8, 4) is 6.07 Å². The van der Waals surface area contributed by atoms with Gasteiger partial charge in [0.1, 0.15) is 11.0 Å². The molecule has 100 valence electrons. The van der Waals surface area contributed by atoms with E-state index in [2.05, 4.69) is 10.5 Å². The molecule has 4 heteroatoms. The van der Waals surface area contributed by atoms with E-state index in [1.165, 1.54) is 0 Å². The molecule has 0 amide bonds. The van der Waals surface area contributed by atoms with Gasteiger partial charge in [0.05, 0.1) is 22.1 Å². The van der Waals surface area contributed by atoms with Gasteiger partial charge in [0.2, 0.25) is 0 Å². The molecule has 0 saturated heterocycles. The number of nitriles is 1. The molecule has 0 spiro atoms. The van der Waals surface area contributed by atoms with Crippen molar-refractivity contribution in [1.82, 2.24) is 0 Å². The van der Waals surface area contributed by atoms with Gasteiger partial charge in [-0.2, -0.15) is 9.66 Å². The molecule has 3 nitrogen and oxygen atoms in total. The molecule has 1 aliphatic rings. The predicted octanol–water partition coefficient (Wildman–Crippen LogP) is 3.15. The Morgan fingerprint density at radius 1 is 1.32 bits per heavy atom. The van der Waals surface area contributed by atoms with Gasteiger partial charge in [-0.15, -0.1) is 0 Å². The van der Waals surface area contributed by atoms with Crippen molar-refractivity contribution in [2.24, 2.45) is 4.40 Å². The smallest absolute Gasteiger partial charge is 0.145 e. The Morgan fingerprint density at radius 3 is 2.68 bits per heavy atom. The minimum atomic E-state index is -1.23. The number of benzene rings is 1. The van der Waals surface area contributed by atoms with Gasteiger partial charge in [-0.05, 0) is 63.3 Å². The topological polar surface area (TPSA) is 53.2 Å². The zero-order valence-electron chi connectivity index (χ0n) is 11.6. The van der Waals surface area contributed by atoms with Gasteiger partial charge < -0.3 is 0 Å². The standard InChI is InChI=1S/C15H18N2OS/c1-15(2,3)19(18)17-14-6-4-5-12-9-11(10-16)7-8-13(12)14/h7-9H,4-6H2,1-3H3/b17-14+/t19-/m1/s1. The van der Waals surface area contributed by atoms with Crippen LogP contribution < -0.4 is 0 Å². The summed E-state index contributed by atoms with van der Waals surface area (Å²) in [6.07, 6.45) is 2.83. The largest absolute Gasteiger partial charge is 0.234 e. The maximum atomic E-state index is 12.1. The van der Waals surface area contributed by atoms with E-state index in [1.54, 1.807) is 6.07 Å². The molecule has 0 aromatic heterocycles. The highest BCUT2D eigenvalue weighted by Crippen LogP contribution is 2.24. The Kier molecular flexibility index (Phi) is 3.86. The third-order valence-electron chi connectivity index (χ3n) is 3.12. The molecule has 1 aromatic carbocycles. The highest BCUT2D eigenvalue weighted by molar-refractivity contribution is 7.85. The monoisotopic (exact) mass is 274 g/mol. The van der Waals surface area contributed by atoms with Crippen molar-refractivity contribution in [3.05, 3.63) is 34.9 Å². The number of hydrogen-bond acceptors (Lipinski definition) is 2. The normalized spacial score (nSPS) is 18.7. The first-order valence-electron chi connectivity index (χ1n) is 6.45. The van der Waals surface area contributed by atoms with E-state index < -0.39 is 11.0 Å². The van der Waals surface area contributed by atoms with Crippen LogP contribution in [0, 0.1) is 11.3 Å². The summed E-state index contributed by atoms with van der Waals surface area (Å²) >= 11 is 0. The second kappa shape index (κ2) is 5.26. The van der Waals surface area contributed by atoms with Crippen LogP contribution in [-0.2, 0) is 17.4 Å². The Morgan fingerprint density at radius 2 is 2.05 bits per heavy atom. The van der Waals surface area contributed by atoms with Crippen LogP contribution in [0.2, 0.25) is 0 Å². The molecular weight excluding hydrogens is 256 g/mol. The van der Waals surface area contributed by atoms with Crippen LogP contribution in [0.15, 0.2) is 22.6 Å². The quantitative estimate of drug-likeness (QED) is 0.790. The number of rotatable bonds is 1. The molecule has 1 aliphatic carbocycles. The second-order valence-corrected chi connectivity index (χ2v) is 7.64. The first-order chi connectivity index (χ1) is 8.91. The van der Waals surface area contributed by atoms with E-state index in [0.29, 0.717) is 5.56 Å². The Balaban J connectivity index is 2.41. The highest BCUT2D eigenvalue weighted by Gasteiger charge is 2.22. The van der Waals surface area contributed by atoms with Gasteiger partial charge in [0, 0.05) is 0 Å². The third kappa shape index (κ3) is 3.10. The number of fused-ring (bicyclic) bond motifs is 1. The average molecular weight is 274 g/mol. The Hall–Kier alpha value is -1.47. The molecular formula is C15H18N2OS. The molecule has 0 N–H and O–H groups in total. The third-order valence-corrected chi connectivity index (χ3v) is 4.56. The lowest BCUT2D eigenvalue weighted by atomic mass is 9.89. The minimum absolute atomic E-state index is 0.336. The van der Waals surface area contributed by atoms with Crippen LogP contribution in [-0.4, -0.2) is 14.7 Å². The van der Waals surface area contributed by atoms with Crippen molar-refractivity contribution < 1.29 is 4.21 Å². The molecule has 0 aliphatic heterocycles. The second-order valence-electron chi connectivity index (χ2n) is 5.74. The summed E-state index contributed by atoms with van der Waals surface area (Å²) in [6.45, 7) is 5.78. The van der Waals surface area contributed by atoms with E-state index in [0.717, 1.165) is 36.1 Å². The van der Waals surface area contributed by atoms with Crippen molar-refractivity contribution >= 4 is 16.7 Å². The Bertz CT molecular complexity index is 591. The van der Waals surface area contributed by atoms with Gasteiger partial charge in [-0.25, -0.2) is 4.21 Å². The fraction of sp³-hybridized carbons (Fsp3) is 0.467. The van der Waals surface area contributed by atoms with Gasteiger partial charge in [0.15, 0.2) is 0 Å². The fourth-order valence-corrected chi connectivity index (χ4v) is 2.73. The summed E-state index contributed by atoms with van der Waals surface area (Å²) in [5, 5.41) is 8.93. The summed E-state index contributed by atoms with van der Waals surface area (Å²) in [6, 6.07) is 7.82. The molecule has 19 heavy (non-hydrogen) atoms. The summed E-state index contributed by atoms with van der Waals surface area (Å²) in [5.41, 5.74) is 3.80. The lowest BCUT2D eigenvalue weighted by molar-refractivity contribution is 0.650. The van der Waals surface area contributed by atoms with Crippen LogP contribution >= 0.6 is 0 Å². The van der Waals surface area contributed by atoms with Gasteiger partial charge in [-0.1, -0.05) is 6.07 Å². The van der Waals surface area contributed by atoms with Gasteiger partial charge in [0.25, 0.3) is 0 Å². The minimum Gasteiger partial charge on any atom is -0.234 e. The molecule has 0 bridgehead atoms. The summed E-state index contributed by atoms with van der Waals surface area (Å²) in [7, 11) is -1.23. The molecule has 0 saturated carbocycles. The van der Waals surface area contributed by atoms with Crippen molar-refractivity contribution in [1.29, 1.82) is 5.26 Å². The maximum absolute atomic E-state index is 12.1. The molecule has 0 heterocycles. The molecule has 0 unspecified atom stereocenters. The molecule has 0 radical (unpaired) electrons. The van der Waals surface area contributed by atoms with Gasteiger partial charge >= 0.3 is 0 Å². The lowest BCUT2D eigenvalue weighted by Crippen LogP contribution is -2.22. The van der Waals surface area contributed by atoms with Crippen LogP contribution in [0.25, 0.3) is 0 Å². The SMILES string of the molecule is CC(C)(C)[S@@](=O)/N=C1\CCCc2cc(C#N)ccc21. The van der Waals surface area contributed by atoms with Crippen molar-refractivity contribution in [2.75, 3.05) is 0 Å². The highest BCUT2D eigenvalue weighted by atomic mass is 32.2. The first-order valence-corrected chi connectivity index (χ1v) is 7.55. The zero-order valence-corrected chi connectivity index (χ0v) is 12.4. The summed E-state index contributed by atoms with van der Waals surface area (Å²) in [4.78, 5) is 0. The average Bonchev–Trinajstić information content (AvgIpc) is 2.37. The summed E-state index contributed by atoms with van der Waals surface area (Å²) < 4.78 is 16.2. The first kappa shape index (κ1) is 14.0. The molecule has 1 atom stereocenters. The zero-order chi connectivity index (χ0) is 14.0. The van der Waals surface area contributed by atoms with E-state index in [4.69, 9.17) is 5.26 Å². The van der Waals surface area contributed by atoms with Crippen LogP contribution in [0.4, 0.5) is 0 Å². The van der Waals surface area contributed by atoms with E-state index in [-0.39, 0.29) is 4.75 Å². The lowest BCUT2D eigenvalue weighted by Gasteiger charge is -2.20. The number of nitrogens with zero attached hydrogens (tertiary/aromatic N) is 2. The van der Waals surface area contributed by atoms with Crippen molar-refractivity contribution in [2.45, 2.75) is 44.8 Å². The molecule has 2 rings (SSSR count). The van der Waals surface area contributed by atoms with Gasteiger partial charge in [-0.3, -0.25) is 0 Å². The molecule has 1 aromatic rings. The summed E-state index contributed by atoms with van der Waals surface area (Å²) in [5.74, 6) is 0. The van der Waals surface area contributed by atoms with Crippen molar-refractivity contribution in [3.63, 3.8) is 0 Å². The van der Waals surface area contributed by atoms with E-state index >= 15 is 0 Å². The number of aryl methyl sites for hydroxylation is 1. The van der Waals surface area contributed by atoms with Crippen LogP contribution in [0.5, 0.6) is 0 Å². The predicted molar refractivity (Wildman–Crippen MR) is 78.5 cm³/mol. The maximum Gasteiger partial charge on any atom is 0.145 e. The van der Waals surface area contributed by atoms with E-state index in [9.17, 15) is 4.21 Å². The van der Waals surface area contributed by atoms with Crippen LogP contribution in [0.1, 0.15) is 50.3 Å². The fourth-order valence-electron chi connectivity index (χ4n) is 2.06.